The molecule has 0 saturated heterocycles. The number of hydrogen-bond donors (Lipinski definition) is 1. The van der Waals surface area contributed by atoms with Gasteiger partial charge in [-0.1, -0.05) is 24.3 Å². The van der Waals surface area contributed by atoms with Crippen LogP contribution in [0.5, 0.6) is 0 Å². The van der Waals surface area contributed by atoms with Gasteiger partial charge in [-0.05, 0) is 72.3 Å². The van der Waals surface area contributed by atoms with Crippen LogP contribution in [-0.2, 0) is 9.47 Å². The molecule has 0 aromatic heterocycles. The van der Waals surface area contributed by atoms with E-state index in [0.717, 1.165) is 11.3 Å². The van der Waals surface area contributed by atoms with Crippen molar-refractivity contribution in [1.82, 2.24) is 0 Å². The van der Waals surface area contributed by atoms with Gasteiger partial charge in [0.2, 0.25) is 0 Å². The fraction of sp³-hybridized carbons (Fsp3) is 0.417. The Labute approximate surface area is 170 Å². The number of carbonyl (C=O) groups excluding carboxylic acids is 2. The predicted molar refractivity (Wildman–Crippen MR) is 109 cm³/mol. The number of rotatable bonds is 3. The summed E-state index contributed by atoms with van der Waals surface area (Å²) >= 11 is 0. The minimum absolute atomic E-state index is 0.111. The average Bonchev–Trinajstić information content (AvgIpc) is 3.40. The molecule has 0 radical (unpaired) electrons. The zero-order chi connectivity index (χ0) is 20.1. The maximum absolute atomic E-state index is 12.4. The third-order valence-electron chi connectivity index (χ3n) is 7.22. The van der Waals surface area contributed by atoms with Crippen LogP contribution in [0.4, 0.5) is 5.69 Å². The third-order valence-corrected chi connectivity index (χ3v) is 7.22. The topological polar surface area (TPSA) is 64.6 Å². The van der Waals surface area contributed by atoms with E-state index >= 15 is 0 Å². The fourth-order valence-corrected chi connectivity index (χ4v) is 6.07. The summed E-state index contributed by atoms with van der Waals surface area (Å²) < 4.78 is 9.87. The van der Waals surface area contributed by atoms with E-state index in [1.165, 1.54) is 39.0 Å². The van der Waals surface area contributed by atoms with Gasteiger partial charge in [0, 0.05) is 0 Å². The molecule has 1 N–H and O–H groups in total. The molecule has 5 rings (SSSR count). The first kappa shape index (κ1) is 18.2. The lowest BCUT2D eigenvalue weighted by atomic mass is 9.67. The van der Waals surface area contributed by atoms with Crippen molar-refractivity contribution in [3.8, 4) is 0 Å². The van der Waals surface area contributed by atoms with Crippen molar-refractivity contribution in [3.63, 3.8) is 0 Å². The van der Waals surface area contributed by atoms with Crippen molar-refractivity contribution < 1.29 is 19.1 Å². The van der Waals surface area contributed by atoms with E-state index in [4.69, 9.17) is 9.47 Å². The third kappa shape index (κ3) is 2.75. The molecule has 5 nitrogen and oxygen atoms in total. The molecule has 2 aromatic rings. The first-order valence-corrected chi connectivity index (χ1v) is 10.3. The molecule has 0 amide bonds. The SMILES string of the molecule is COC(=O)c1ccc(C2Nc3c(C(=O)OC)cccc3C3C4CCC(C4)C23)cc1. The monoisotopic (exact) mass is 391 g/mol. The van der Waals surface area contributed by atoms with Crippen molar-refractivity contribution in [2.75, 3.05) is 19.5 Å². The molecule has 29 heavy (non-hydrogen) atoms. The Morgan fingerprint density at radius 3 is 2.38 bits per heavy atom. The molecule has 2 aliphatic carbocycles. The summed E-state index contributed by atoms with van der Waals surface area (Å²) in [5, 5.41) is 3.70. The highest BCUT2D eigenvalue weighted by atomic mass is 16.5. The van der Waals surface area contributed by atoms with Gasteiger partial charge in [-0.15, -0.1) is 0 Å². The minimum atomic E-state index is -0.329. The van der Waals surface area contributed by atoms with Crippen molar-refractivity contribution in [3.05, 3.63) is 64.7 Å². The summed E-state index contributed by atoms with van der Waals surface area (Å²) in [5.74, 6) is 1.69. The minimum Gasteiger partial charge on any atom is -0.465 e. The number of anilines is 1. The van der Waals surface area contributed by atoms with Gasteiger partial charge >= 0.3 is 11.9 Å². The fourth-order valence-electron chi connectivity index (χ4n) is 6.07. The molecule has 1 heterocycles. The number of hydrogen-bond acceptors (Lipinski definition) is 5. The van der Waals surface area contributed by atoms with Crippen LogP contribution in [0, 0.1) is 17.8 Å². The van der Waals surface area contributed by atoms with Crippen LogP contribution >= 0.6 is 0 Å². The summed E-state index contributed by atoms with van der Waals surface area (Å²) in [6.45, 7) is 0. The lowest BCUT2D eigenvalue weighted by molar-refractivity contribution is 0.0591. The first-order chi connectivity index (χ1) is 14.1. The normalized spacial score (nSPS) is 28.8. The summed E-state index contributed by atoms with van der Waals surface area (Å²) in [6, 6.07) is 13.8. The molecule has 2 aromatic carbocycles. The van der Waals surface area contributed by atoms with Gasteiger partial charge in [-0.2, -0.15) is 0 Å². The second-order valence-electron chi connectivity index (χ2n) is 8.43. The Morgan fingerprint density at radius 2 is 1.66 bits per heavy atom. The van der Waals surface area contributed by atoms with Crippen molar-refractivity contribution in [1.29, 1.82) is 0 Å². The maximum Gasteiger partial charge on any atom is 0.339 e. The van der Waals surface area contributed by atoms with E-state index in [0.29, 0.717) is 34.8 Å². The summed E-state index contributed by atoms with van der Waals surface area (Å²) in [6.07, 6.45) is 3.80. The predicted octanol–water partition coefficient (Wildman–Crippen LogP) is 4.56. The van der Waals surface area contributed by atoms with E-state index in [1.54, 1.807) is 0 Å². The van der Waals surface area contributed by atoms with Gasteiger partial charge in [0.05, 0.1) is 37.1 Å². The number of ether oxygens (including phenoxy) is 2. The molecule has 5 heteroatoms. The molecule has 1 aliphatic heterocycles. The molecule has 150 valence electrons. The summed E-state index contributed by atoms with van der Waals surface area (Å²) in [5.41, 5.74) is 4.46. The van der Waals surface area contributed by atoms with Crippen LogP contribution in [0.15, 0.2) is 42.5 Å². The molecular formula is C24H25NO4. The Bertz CT molecular complexity index is 967. The molecule has 5 atom stereocenters. The van der Waals surface area contributed by atoms with Crippen LogP contribution in [0.25, 0.3) is 0 Å². The number of carbonyl (C=O) groups is 2. The van der Waals surface area contributed by atoms with Gasteiger partial charge in [-0.3, -0.25) is 0 Å². The lowest BCUT2D eigenvalue weighted by Crippen LogP contribution is -2.36. The Morgan fingerprint density at radius 1 is 0.931 bits per heavy atom. The van der Waals surface area contributed by atoms with E-state index in [9.17, 15) is 9.59 Å². The van der Waals surface area contributed by atoms with E-state index in [2.05, 4.69) is 11.4 Å². The highest BCUT2D eigenvalue weighted by molar-refractivity contribution is 5.97. The number of methoxy groups -OCH3 is 2. The second kappa shape index (κ2) is 6.90. The van der Waals surface area contributed by atoms with Crippen LogP contribution in [-0.4, -0.2) is 26.2 Å². The van der Waals surface area contributed by atoms with Crippen LogP contribution in [0.3, 0.4) is 0 Å². The molecule has 0 spiro atoms. The first-order valence-electron chi connectivity index (χ1n) is 10.3. The molecule has 2 fully saturated rings. The van der Waals surface area contributed by atoms with Crippen LogP contribution < -0.4 is 5.32 Å². The molecular weight excluding hydrogens is 366 g/mol. The summed E-state index contributed by atoms with van der Waals surface area (Å²) in [4.78, 5) is 24.2. The van der Waals surface area contributed by atoms with Crippen molar-refractivity contribution in [2.24, 2.45) is 17.8 Å². The number of para-hydroxylation sites is 1. The van der Waals surface area contributed by atoms with E-state index in [1.807, 2.05) is 36.4 Å². The van der Waals surface area contributed by atoms with E-state index < -0.39 is 0 Å². The maximum atomic E-state index is 12.4. The molecule has 3 aliphatic rings. The quantitative estimate of drug-likeness (QED) is 0.778. The molecule has 2 bridgehead atoms. The smallest absolute Gasteiger partial charge is 0.339 e. The Hall–Kier alpha value is -2.82. The number of fused-ring (bicyclic) bond motifs is 7. The number of benzene rings is 2. The van der Waals surface area contributed by atoms with E-state index in [-0.39, 0.29) is 18.0 Å². The van der Waals surface area contributed by atoms with Gasteiger partial charge < -0.3 is 14.8 Å². The van der Waals surface area contributed by atoms with Gasteiger partial charge in [0.1, 0.15) is 0 Å². The number of esters is 2. The molecule has 5 unspecified atom stereocenters. The van der Waals surface area contributed by atoms with Crippen molar-refractivity contribution in [2.45, 2.75) is 31.2 Å². The Balaban J connectivity index is 1.59. The number of nitrogens with one attached hydrogen (secondary N) is 1. The second-order valence-corrected chi connectivity index (χ2v) is 8.43. The summed E-state index contributed by atoms with van der Waals surface area (Å²) in [7, 11) is 2.82. The highest BCUT2D eigenvalue weighted by Gasteiger charge is 2.54. The molecule has 2 saturated carbocycles. The van der Waals surface area contributed by atoms with Crippen molar-refractivity contribution >= 4 is 17.6 Å². The highest BCUT2D eigenvalue weighted by Crippen LogP contribution is 2.64. The standard InChI is InChI=1S/C24H25NO4/c1-28-23(26)14-8-6-13(7-9-14)21-20-16-11-10-15(12-16)19(20)17-4-3-5-18(22(17)25-21)24(27)29-2/h3-9,15-16,19-21,25H,10-12H2,1-2H3. The van der Waals surface area contributed by atoms with Crippen LogP contribution in [0.1, 0.15) is 63.1 Å². The Kier molecular flexibility index (Phi) is 4.34. The van der Waals surface area contributed by atoms with Gasteiger partial charge in [0.25, 0.3) is 0 Å². The zero-order valence-corrected chi connectivity index (χ0v) is 16.7. The van der Waals surface area contributed by atoms with Gasteiger partial charge in [-0.25, -0.2) is 9.59 Å². The average molecular weight is 391 g/mol. The van der Waals surface area contributed by atoms with Crippen LogP contribution in [0.2, 0.25) is 0 Å². The zero-order valence-electron chi connectivity index (χ0n) is 16.7. The van der Waals surface area contributed by atoms with Gasteiger partial charge in [0.15, 0.2) is 0 Å². The lowest BCUT2D eigenvalue weighted by Gasteiger charge is -2.44. The largest absolute Gasteiger partial charge is 0.465 e.